The Morgan fingerprint density at radius 2 is 2.33 bits per heavy atom. The molecule has 1 aromatic carbocycles. The zero-order chi connectivity index (χ0) is 13.0. The van der Waals surface area contributed by atoms with Crippen molar-refractivity contribution in [2.45, 2.75) is 12.5 Å². The first-order chi connectivity index (χ1) is 8.74. The van der Waals surface area contributed by atoms with Gasteiger partial charge in [-0.2, -0.15) is 0 Å². The standard InChI is InChI=1S/C12H16N2O4/c1-16-11-6-8(12(13)14-15)2-3-10(11)18-9-4-5-17-7-9/h2-3,6,9,15H,4-5,7H2,1H3,(H2,13,14). The van der Waals surface area contributed by atoms with E-state index in [-0.39, 0.29) is 11.9 Å². The molecule has 6 heteroatoms. The topological polar surface area (TPSA) is 86.3 Å². The number of ether oxygens (including phenoxy) is 3. The van der Waals surface area contributed by atoms with Gasteiger partial charge >= 0.3 is 0 Å². The van der Waals surface area contributed by atoms with Gasteiger partial charge in [0.15, 0.2) is 17.3 Å². The van der Waals surface area contributed by atoms with Crippen LogP contribution in [0.4, 0.5) is 0 Å². The Bertz CT molecular complexity index is 442. The maximum absolute atomic E-state index is 8.63. The molecule has 0 spiro atoms. The van der Waals surface area contributed by atoms with Crippen molar-refractivity contribution >= 4 is 5.84 Å². The van der Waals surface area contributed by atoms with E-state index in [1.807, 2.05) is 0 Å². The van der Waals surface area contributed by atoms with Gasteiger partial charge in [-0.3, -0.25) is 0 Å². The summed E-state index contributed by atoms with van der Waals surface area (Å²) in [5.41, 5.74) is 6.09. The summed E-state index contributed by atoms with van der Waals surface area (Å²) in [6.45, 7) is 1.31. The Kier molecular flexibility index (Phi) is 3.88. The molecule has 1 aromatic rings. The van der Waals surface area contributed by atoms with Crippen LogP contribution >= 0.6 is 0 Å². The van der Waals surface area contributed by atoms with Crippen LogP contribution in [-0.4, -0.2) is 37.5 Å². The maximum Gasteiger partial charge on any atom is 0.170 e. The third kappa shape index (κ3) is 2.65. The molecular formula is C12H16N2O4. The lowest BCUT2D eigenvalue weighted by atomic mass is 10.2. The lowest BCUT2D eigenvalue weighted by Crippen LogP contribution is -2.17. The van der Waals surface area contributed by atoms with Crippen LogP contribution in [0.25, 0.3) is 0 Å². The largest absolute Gasteiger partial charge is 0.493 e. The fraction of sp³-hybridized carbons (Fsp3) is 0.417. The number of benzene rings is 1. The minimum Gasteiger partial charge on any atom is -0.493 e. The molecule has 98 valence electrons. The summed E-state index contributed by atoms with van der Waals surface area (Å²) in [4.78, 5) is 0. The van der Waals surface area contributed by atoms with E-state index in [4.69, 9.17) is 25.2 Å². The minimum atomic E-state index is 0.0315. The van der Waals surface area contributed by atoms with Gasteiger partial charge in [-0.15, -0.1) is 0 Å². The number of oxime groups is 1. The number of rotatable bonds is 4. The molecule has 0 bridgehead atoms. The molecule has 1 heterocycles. The fourth-order valence-corrected chi connectivity index (χ4v) is 1.77. The van der Waals surface area contributed by atoms with E-state index in [0.717, 1.165) is 13.0 Å². The molecule has 1 unspecified atom stereocenters. The van der Waals surface area contributed by atoms with Gasteiger partial charge < -0.3 is 25.2 Å². The van der Waals surface area contributed by atoms with Gasteiger partial charge in [0.2, 0.25) is 0 Å². The normalized spacial score (nSPS) is 19.8. The Morgan fingerprint density at radius 3 is 2.94 bits per heavy atom. The Morgan fingerprint density at radius 1 is 1.50 bits per heavy atom. The van der Waals surface area contributed by atoms with Crippen molar-refractivity contribution in [3.8, 4) is 11.5 Å². The van der Waals surface area contributed by atoms with E-state index in [9.17, 15) is 0 Å². The first-order valence-electron chi connectivity index (χ1n) is 5.65. The van der Waals surface area contributed by atoms with Crippen molar-refractivity contribution in [1.82, 2.24) is 0 Å². The fourth-order valence-electron chi connectivity index (χ4n) is 1.77. The number of hydrogen-bond acceptors (Lipinski definition) is 5. The van der Waals surface area contributed by atoms with E-state index in [0.29, 0.717) is 23.7 Å². The van der Waals surface area contributed by atoms with Crippen LogP contribution < -0.4 is 15.2 Å². The number of nitrogens with zero attached hydrogens (tertiary/aromatic N) is 1. The van der Waals surface area contributed by atoms with E-state index >= 15 is 0 Å². The van der Waals surface area contributed by atoms with E-state index in [1.54, 1.807) is 25.3 Å². The van der Waals surface area contributed by atoms with Gasteiger partial charge in [0.1, 0.15) is 6.10 Å². The second kappa shape index (κ2) is 5.59. The van der Waals surface area contributed by atoms with E-state index in [1.165, 1.54) is 0 Å². The molecule has 1 saturated heterocycles. The highest BCUT2D eigenvalue weighted by molar-refractivity contribution is 5.97. The summed E-state index contributed by atoms with van der Waals surface area (Å²) in [5, 5.41) is 11.6. The number of methoxy groups -OCH3 is 1. The number of hydrogen-bond donors (Lipinski definition) is 2. The molecule has 18 heavy (non-hydrogen) atoms. The first-order valence-corrected chi connectivity index (χ1v) is 5.65. The second-order valence-corrected chi connectivity index (χ2v) is 3.95. The number of amidine groups is 1. The van der Waals surface area contributed by atoms with Crippen LogP contribution in [0.1, 0.15) is 12.0 Å². The molecule has 6 nitrogen and oxygen atoms in total. The lowest BCUT2D eigenvalue weighted by molar-refractivity contribution is 0.138. The van der Waals surface area contributed by atoms with Crippen molar-refractivity contribution in [2.24, 2.45) is 10.9 Å². The van der Waals surface area contributed by atoms with Crippen LogP contribution in [-0.2, 0) is 4.74 Å². The molecular weight excluding hydrogens is 236 g/mol. The van der Waals surface area contributed by atoms with Crippen molar-refractivity contribution in [3.05, 3.63) is 23.8 Å². The highest BCUT2D eigenvalue weighted by atomic mass is 16.6. The SMILES string of the molecule is COc1cc(C(N)=NO)ccc1OC1CCOC1. The molecule has 2 rings (SSSR count). The summed E-state index contributed by atoms with van der Waals surface area (Å²) < 4.78 is 16.2. The van der Waals surface area contributed by atoms with Gasteiger partial charge in [0.05, 0.1) is 20.3 Å². The van der Waals surface area contributed by atoms with Crippen LogP contribution in [0.15, 0.2) is 23.4 Å². The molecule has 1 atom stereocenters. The molecule has 1 aliphatic heterocycles. The summed E-state index contributed by atoms with van der Waals surface area (Å²) >= 11 is 0. The molecule has 0 radical (unpaired) electrons. The molecule has 1 aliphatic rings. The minimum absolute atomic E-state index is 0.0315. The monoisotopic (exact) mass is 252 g/mol. The molecule has 0 amide bonds. The summed E-state index contributed by atoms with van der Waals surface area (Å²) in [6.07, 6.45) is 0.916. The van der Waals surface area contributed by atoms with Crippen molar-refractivity contribution in [3.63, 3.8) is 0 Å². The van der Waals surface area contributed by atoms with Gasteiger partial charge in [0.25, 0.3) is 0 Å². The number of nitrogens with two attached hydrogens (primary N) is 1. The zero-order valence-electron chi connectivity index (χ0n) is 10.1. The quantitative estimate of drug-likeness (QED) is 0.361. The molecule has 1 fully saturated rings. The van der Waals surface area contributed by atoms with Crippen LogP contribution in [0.5, 0.6) is 11.5 Å². The molecule has 0 saturated carbocycles. The summed E-state index contributed by atoms with van der Waals surface area (Å²) in [5.74, 6) is 1.21. The molecule has 0 aromatic heterocycles. The average molecular weight is 252 g/mol. The van der Waals surface area contributed by atoms with E-state index < -0.39 is 0 Å². The van der Waals surface area contributed by atoms with Gasteiger partial charge in [-0.05, 0) is 18.2 Å². The Balaban J connectivity index is 2.19. The van der Waals surface area contributed by atoms with Crippen molar-refractivity contribution < 1.29 is 19.4 Å². The lowest BCUT2D eigenvalue weighted by Gasteiger charge is -2.15. The Hall–Kier alpha value is -1.95. The maximum atomic E-state index is 8.63. The van der Waals surface area contributed by atoms with Crippen LogP contribution in [0.3, 0.4) is 0 Å². The first kappa shape index (κ1) is 12.5. The zero-order valence-corrected chi connectivity index (χ0v) is 10.1. The van der Waals surface area contributed by atoms with Crippen LogP contribution in [0, 0.1) is 0 Å². The summed E-state index contributed by atoms with van der Waals surface area (Å²) in [6, 6.07) is 5.12. The highest BCUT2D eigenvalue weighted by Crippen LogP contribution is 2.30. The van der Waals surface area contributed by atoms with Crippen molar-refractivity contribution in [1.29, 1.82) is 0 Å². The third-order valence-corrected chi connectivity index (χ3v) is 2.75. The second-order valence-electron chi connectivity index (χ2n) is 3.95. The summed E-state index contributed by atoms with van der Waals surface area (Å²) in [7, 11) is 1.55. The average Bonchev–Trinajstić information content (AvgIpc) is 2.91. The Labute approximate surface area is 105 Å². The predicted octanol–water partition coefficient (Wildman–Crippen LogP) is 0.957. The predicted molar refractivity (Wildman–Crippen MR) is 65.4 cm³/mol. The van der Waals surface area contributed by atoms with Crippen molar-refractivity contribution in [2.75, 3.05) is 20.3 Å². The van der Waals surface area contributed by atoms with Gasteiger partial charge in [-0.25, -0.2) is 0 Å². The molecule has 3 N–H and O–H groups in total. The van der Waals surface area contributed by atoms with Gasteiger partial charge in [0, 0.05) is 12.0 Å². The highest BCUT2D eigenvalue weighted by Gasteiger charge is 2.19. The third-order valence-electron chi connectivity index (χ3n) is 2.75. The van der Waals surface area contributed by atoms with Crippen LogP contribution in [0.2, 0.25) is 0 Å². The van der Waals surface area contributed by atoms with Gasteiger partial charge in [-0.1, -0.05) is 5.16 Å². The smallest absolute Gasteiger partial charge is 0.170 e. The molecule has 0 aliphatic carbocycles. The van der Waals surface area contributed by atoms with E-state index in [2.05, 4.69) is 5.16 Å².